The van der Waals surface area contributed by atoms with Gasteiger partial charge in [-0.1, -0.05) is 55.3 Å². The second kappa shape index (κ2) is 9.96. The zero-order chi connectivity index (χ0) is 21.5. The molecule has 158 valence electrons. The summed E-state index contributed by atoms with van der Waals surface area (Å²) in [6, 6.07) is 14.7. The Bertz CT molecular complexity index is 917. The highest BCUT2D eigenvalue weighted by Crippen LogP contribution is 2.30. The number of nitrogens with one attached hydrogen (secondary N) is 2. The van der Waals surface area contributed by atoms with Crippen molar-refractivity contribution in [2.45, 2.75) is 45.8 Å². The standard InChI is InChI=1S/C24H28N2O4/c1-4-5-6-20-21(23(27)29-3)22(26-24(28)25-20)18-11-13-19(14-12-18)30-15-17-9-7-16(2)8-10-17/h7-14,22H,4-6,15H2,1-3H3,(H2,25,26,28). The molecule has 0 spiro atoms. The van der Waals surface area contributed by atoms with Gasteiger partial charge in [-0.15, -0.1) is 0 Å². The second-order valence-electron chi connectivity index (χ2n) is 7.36. The Kier molecular flexibility index (Phi) is 7.12. The predicted octanol–water partition coefficient (Wildman–Crippen LogP) is 4.55. The van der Waals surface area contributed by atoms with Crippen molar-refractivity contribution in [2.75, 3.05) is 7.11 Å². The molecule has 2 aromatic carbocycles. The Balaban J connectivity index is 1.79. The van der Waals surface area contributed by atoms with Gasteiger partial charge < -0.3 is 20.1 Å². The van der Waals surface area contributed by atoms with Crippen LogP contribution < -0.4 is 15.4 Å². The van der Waals surface area contributed by atoms with Crippen LogP contribution in [0.3, 0.4) is 0 Å². The lowest BCUT2D eigenvalue weighted by atomic mass is 9.93. The van der Waals surface area contributed by atoms with E-state index in [1.165, 1.54) is 12.7 Å². The van der Waals surface area contributed by atoms with Gasteiger partial charge in [-0.2, -0.15) is 0 Å². The number of benzene rings is 2. The lowest BCUT2D eigenvalue weighted by molar-refractivity contribution is -0.136. The fourth-order valence-corrected chi connectivity index (χ4v) is 3.38. The van der Waals surface area contributed by atoms with E-state index < -0.39 is 12.0 Å². The van der Waals surface area contributed by atoms with Crippen LogP contribution in [0.25, 0.3) is 0 Å². The average molecular weight is 408 g/mol. The van der Waals surface area contributed by atoms with E-state index in [-0.39, 0.29) is 6.03 Å². The van der Waals surface area contributed by atoms with Crippen molar-refractivity contribution in [3.63, 3.8) is 0 Å². The molecule has 1 unspecified atom stereocenters. The first-order valence-corrected chi connectivity index (χ1v) is 10.2. The molecule has 0 aromatic heterocycles. The predicted molar refractivity (Wildman–Crippen MR) is 115 cm³/mol. The van der Waals surface area contributed by atoms with Gasteiger partial charge in [-0.3, -0.25) is 0 Å². The maximum absolute atomic E-state index is 12.5. The third-order valence-corrected chi connectivity index (χ3v) is 5.08. The normalized spacial score (nSPS) is 16.0. The molecule has 2 aromatic rings. The Labute approximate surface area is 177 Å². The van der Waals surface area contributed by atoms with Crippen LogP contribution in [-0.2, 0) is 16.1 Å². The van der Waals surface area contributed by atoms with Gasteiger partial charge in [0.2, 0.25) is 0 Å². The Morgan fingerprint density at radius 2 is 1.77 bits per heavy atom. The number of carbonyl (C=O) groups excluding carboxylic acids is 2. The summed E-state index contributed by atoms with van der Waals surface area (Å²) < 4.78 is 10.9. The van der Waals surface area contributed by atoms with Crippen molar-refractivity contribution >= 4 is 12.0 Å². The maximum atomic E-state index is 12.5. The number of ether oxygens (including phenoxy) is 2. The van der Waals surface area contributed by atoms with Crippen molar-refractivity contribution in [1.82, 2.24) is 10.6 Å². The summed E-state index contributed by atoms with van der Waals surface area (Å²) in [6.07, 6.45) is 2.44. The molecule has 2 amide bonds. The van der Waals surface area contributed by atoms with Crippen molar-refractivity contribution < 1.29 is 19.1 Å². The summed E-state index contributed by atoms with van der Waals surface area (Å²) >= 11 is 0. The molecule has 0 radical (unpaired) electrons. The molecule has 1 atom stereocenters. The van der Waals surface area contributed by atoms with E-state index in [0.29, 0.717) is 24.3 Å². The molecular weight excluding hydrogens is 380 g/mol. The van der Waals surface area contributed by atoms with Gasteiger partial charge in [-0.25, -0.2) is 9.59 Å². The number of methoxy groups -OCH3 is 1. The summed E-state index contributed by atoms with van der Waals surface area (Å²) in [5, 5.41) is 5.61. The highest BCUT2D eigenvalue weighted by atomic mass is 16.5. The first-order chi connectivity index (χ1) is 14.5. The van der Waals surface area contributed by atoms with Gasteiger partial charge in [0.1, 0.15) is 12.4 Å². The number of aryl methyl sites for hydroxylation is 1. The maximum Gasteiger partial charge on any atom is 0.337 e. The van der Waals surface area contributed by atoms with Crippen LogP contribution in [0.5, 0.6) is 5.75 Å². The van der Waals surface area contributed by atoms with Crippen LogP contribution in [0.4, 0.5) is 4.79 Å². The number of rotatable bonds is 8. The molecule has 6 heteroatoms. The minimum atomic E-state index is -0.566. The van der Waals surface area contributed by atoms with Gasteiger partial charge >= 0.3 is 12.0 Å². The fourth-order valence-electron chi connectivity index (χ4n) is 3.38. The first kappa shape index (κ1) is 21.4. The lowest BCUT2D eigenvalue weighted by Crippen LogP contribution is -2.45. The van der Waals surface area contributed by atoms with E-state index in [0.717, 1.165) is 29.7 Å². The number of amides is 2. The van der Waals surface area contributed by atoms with Crippen LogP contribution in [0.1, 0.15) is 48.9 Å². The Morgan fingerprint density at radius 1 is 1.07 bits per heavy atom. The van der Waals surface area contributed by atoms with Crippen LogP contribution in [0.2, 0.25) is 0 Å². The third-order valence-electron chi connectivity index (χ3n) is 5.08. The quantitative estimate of drug-likeness (QED) is 0.629. The molecule has 1 aliphatic heterocycles. The Morgan fingerprint density at radius 3 is 2.40 bits per heavy atom. The lowest BCUT2D eigenvalue weighted by Gasteiger charge is -2.29. The van der Waals surface area contributed by atoms with Crippen molar-refractivity contribution in [2.24, 2.45) is 0 Å². The smallest absolute Gasteiger partial charge is 0.337 e. The molecule has 30 heavy (non-hydrogen) atoms. The van der Waals surface area contributed by atoms with Gasteiger partial charge in [0.05, 0.1) is 18.7 Å². The van der Waals surface area contributed by atoms with Gasteiger partial charge in [0.25, 0.3) is 0 Å². The molecule has 0 saturated heterocycles. The number of esters is 1. The van der Waals surface area contributed by atoms with E-state index in [9.17, 15) is 9.59 Å². The average Bonchev–Trinajstić information content (AvgIpc) is 2.76. The number of urea groups is 1. The van der Waals surface area contributed by atoms with E-state index in [2.05, 4.69) is 29.7 Å². The second-order valence-corrected chi connectivity index (χ2v) is 7.36. The summed E-state index contributed by atoms with van der Waals surface area (Å²) in [5.41, 5.74) is 4.16. The van der Waals surface area contributed by atoms with Crippen molar-refractivity contribution in [3.05, 3.63) is 76.5 Å². The monoisotopic (exact) mass is 408 g/mol. The summed E-state index contributed by atoms with van der Waals surface area (Å²) in [4.78, 5) is 24.7. The van der Waals surface area contributed by atoms with Crippen LogP contribution in [0, 0.1) is 6.92 Å². The molecule has 0 aliphatic carbocycles. The van der Waals surface area contributed by atoms with Crippen LogP contribution in [0.15, 0.2) is 59.8 Å². The molecule has 0 fully saturated rings. The summed E-state index contributed by atoms with van der Waals surface area (Å²) in [7, 11) is 1.35. The van der Waals surface area contributed by atoms with Gasteiger partial charge in [0, 0.05) is 5.70 Å². The van der Waals surface area contributed by atoms with E-state index >= 15 is 0 Å². The summed E-state index contributed by atoms with van der Waals surface area (Å²) in [6.45, 7) is 4.58. The number of unbranched alkanes of at least 4 members (excludes halogenated alkanes) is 1. The highest BCUT2D eigenvalue weighted by Gasteiger charge is 2.33. The van der Waals surface area contributed by atoms with Gasteiger partial charge in [0.15, 0.2) is 0 Å². The topological polar surface area (TPSA) is 76.7 Å². The zero-order valence-corrected chi connectivity index (χ0v) is 17.7. The SMILES string of the molecule is CCCCC1=C(C(=O)OC)C(c2ccc(OCc3ccc(C)cc3)cc2)NC(=O)N1. The van der Waals surface area contributed by atoms with Gasteiger partial charge in [-0.05, 0) is 43.0 Å². The molecule has 0 bridgehead atoms. The fraction of sp³-hybridized carbons (Fsp3) is 0.333. The van der Waals surface area contributed by atoms with E-state index in [4.69, 9.17) is 9.47 Å². The van der Waals surface area contributed by atoms with Crippen LogP contribution >= 0.6 is 0 Å². The molecule has 1 aliphatic rings. The van der Waals surface area contributed by atoms with Crippen molar-refractivity contribution in [1.29, 1.82) is 0 Å². The zero-order valence-electron chi connectivity index (χ0n) is 17.7. The molecule has 2 N–H and O–H groups in total. The van der Waals surface area contributed by atoms with Crippen molar-refractivity contribution in [3.8, 4) is 5.75 Å². The minimum Gasteiger partial charge on any atom is -0.489 e. The third kappa shape index (κ3) is 5.20. The first-order valence-electron chi connectivity index (χ1n) is 10.2. The molecular formula is C24H28N2O4. The number of hydrogen-bond donors (Lipinski definition) is 2. The summed E-state index contributed by atoms with van der Waals surface area (Å²) in [5.74, 6) is 0.271. The molecule has 1 heterocycles. The van der Waals surface area contributed by atoms with E-state index in [1.807, 2.05) is 43.3 Å². The van der Waals surface area contributed by atoms with E-state index in [1.54, 1.807) is 0 Å². The van der Waals surface area contributed by atoms with Crippen LogP contribution in [-0.4, -0.2) is 19.1 Å². The number of carbonyl (C=O) groups is 2. The Hall–Kier alpha value is -3.28. The highest BCUT2D eigenvalue weighted by molar-refractivity contribution is 5.95. The largest absolute Gasteiger partial charge is 0.489 e. The number of allylic oxidation sites excluding steroid dienone is 1. The molecule has 3 rings (SSSR count). The number of hydrogen-bond acceptors (Lipinski definition) is 4. The molecule has 0 saturated carbocycles. The minimum absolute atomic E-state index is 0.321. The molecule has 6 nitrogen and oxygen atoms in total.